The molecule has 0 atom stereocenters. The smallest absolute Gasteiger partial charge is 0.317 e. The molecule has 4 rings (SSSR count). The highest BCUT2D eigenvalue weighted by Crippen LogP contribution is 2.42. The van der Waals surface area contributed by atoms with Gasteiger partial charge in [-0.15, -0.1) is 0 Å². The third kappa shape index (κ3) is 2.69. The normalized spacial score (nSPS) is 15.2. The first-order chi connectivity index (χ1) is 12.1. The van der Waals surface area contributed by atoms with Gasteiger partial charge in [-0.25, -0.2) is 4.39 Å². The summed E-state index contributed by atoms with van der Waals surface area (Å²) in [6.45, 7) is -0.572. The molecule has 3 aromatic heterocycles. The second kappa shape index (κ2) is 5.80. The Kier molecular flexibility index (Phi) is 3.60. The van der Waals surface area contributed by atoms with Crippen molar-refractivity contribution >= 4 is 0 Å². The maximum absolute atomic E-state index is 13.1. The monoisotopic (exact) mass is 342 g/mol. The summed E-state index contributed by atoms with van der Waals surface area (Å²) in [7, 11) is 0. The lowest BCUT2D eigenvalue weighted by molar-refractivity contribution is 0.325. The fourth-order valence-electron chi connectivity index (χ4n) is 2.80. The average molecular weight is 342 g/mol. The summed E-state index contributed by atoms with van der Waals surface area (Å²) in [5.41, 5.74) is -0.862. The van der Waals surface area contributed by atoms with Crippen molar-refractivity contribution in [3.8, 4) is 11.3 Å². The minimum Gasteiger partial charge on any atom is -0.359 e. The molecule has 3 heterocycles. The van der Waals surface area contributed by atoms with E-state index >= 15 is 0 Å². The molecule has 0 bridgehead atoms. The molecule has 0 amide bonds. The van der Waals surface area contributed by atoms with Crippen molar-refractivity contribution < 1.29 is 8.91 Å². The summed E-state index contributed by atoms with van der Waals surface area (Å²) in [5.74, 6) is 0.435. The number of aromatic nitrogens is 4. The van der Waals surface area contributed by atoms with Crippen LogP contribution in [0.3, 0.4) is 0 Å². The van der Waals surface area contributed by atoms with E-state index in [4.69, 9.17) is 4.52 Å². The number of hydrogen-bond acceptors (Lipinski definition) is 5. The van der Waals surface area contributed by atoms with Gasteiger partial charge < -0.3 is 13.7 Å². The Balaban J connectivity index is 1.62. The number of halogens is 1. The van der Waals surface area contributed by atoms with Gasteiger partial charge in [0.25, 0.3) is 0 Å². The quantitative estimate of drug-likeness (QED) is 0.657. The summed E-state index contributed by atoms with van der Waals surface area (Å²) in [6, 6.07) is 5.32. The molecule has 8 heteroatoms. The molecule has 0 unspecified atom stereocenters. The van der Waals surface area contributed by atoms with Gasteiger partial charge in [-0.3, -0.25) is 14.6 Å². The molecule has 25 heavy (non-hydrogen) atoms. The van der Waals surface area contributed by atoms with E-state index in [2.05, 4.69) is 10.1 Å². The minimum absolute atomic E-state index is 0.0742. The minimum atomic E-state index is -0.824. The summed E-state index contributed by atoms with van der Waals surface area (Å²) >= 11 is 0. The third-order valence-electron chi connectivity index (χ3n) is 4.49. The first kappa shape index (κ1) is 15.5. The molecule has 1 fully saturated rings. The van der Waals surface area contributed by atoms with Crippen LogP contribution in [0.1, 0.15) is 18.6 Å². The van der Waals surface area contributed by atoms with Gasteiger partial charge in [0.05, 0.1) is 12.1 Å². The maximum atomic E-state index is 13.1. The fraction of sp³-hybridized carbons (Fsp3) is 0.294. The molecule has 0 radical (unpaired) electrons. The molecule has 0 aromatic carbocycles. The standard InChI is InChI=1S/C17H15FN4O3/c18-11-17(3-4-17)22-7-6-21(15(23)16(22)24)10-13-8-14(20-25-13)12-2-1-5-19-9-12/h1-2,5-9H,3-4,10-11H2. The van der Waals surface area contributed by atoms with Crippen LogP contribution in [0.25, 0.3) is 11.3 Å². The summed E-state index contributed by atoms with van der Waals surface area (Å²) in [4.78, 5) is 28.6. The molecular formula is C17H15FN4O3. The third-order valence-corrected chi connectivity index (χ3v) is 4.49. The molecule has 0 aliphatic heterocycles. The van der Waals surface area contributed by atoms with E-state index in [0.717, 1.165) is 5.56 Å². The molecule has 7 nitrogen and oxygen atoms in total. The van der Waals surface area contributed by atoms with Gasteiger partial charge in [0, 0.05) is 36.4 Å². The number of hydrogen-bond donors (Lipinski definition) is 0. The van der Waals surface area contributed by atoms with Crippen molar-refractivity contribution in [3.63, 3.8) is 0 Å². The first-order valence-corrected chi connectivity index (χ1v) is 7.87. The van der Waals surface area contributed by atoms with Crippen molar-refractivity contribution in [2.75, 3.05) is 6.67 Å². The Morgan fingerprint density at radius 2 is 2.08 bits per heavy atom. The van der Waals surface area contributed by atoms with Crippen molar-refractivity contribution in [1.29, 1.82) is 0 Å². The number of alkyl halides is 1. The molecule has 1 aliphatic rings. The van der Waals surface area contributed by atoms with Crippen LogP contribution in [0.15, 0.2) is 57.1 Å². The van der Waals surface area contributed by atoms with E-state index < -0.39 is 23.3 Å². The predicted octanol–water partition coefficient (Wildman–Crippen LogP) is 1.57. The van der Waals surface area contributed by atoms with E-state index in [9.17, 15) is 14.0 Å². The Labute approximate surface area is 141 Å². The van der Waals surface area contributed by atoms with E-state index in [-0.39, 0.29) is 6.54 Å². The topological polar surface area (TPSA) is 82.9 Å². The van der Waals surface area contributed by atoms with Crippen LogP contribution in [-0.2, 0) is 12.1 Å². The summed E-state index contributed by atoms with van der Waals surface area (Å²) in [5, 5.41) is 3.95. The zero-order chi connectivity index (χ0) is 17.4. The average Bonchev–Trinajstić information content (AvgIpc) is 3.30. The van der Waals surface area contributed by atoms with Gasteiger partial charge in [0.1, 0.15) is 12.4 Å². The Hall–Kier alpha value is -3.03. The second-order valence-corrected chi connectivity index (χ2v) is 6.18. The fourth-order valence-corrected chi connectivity index (χ4v) is 2.80. The van der Waals surface area contributed by atoms with Crippen molar-refractivity contribution in [3.05, 3.63) is 69.5 Å². The zero-order valence-electron chi connectivity index (χ0n) is 13.3. The van der Waals surface area contributed by atoms with Gasteiger partial charge in [-0.1, -0.05) is 5.16 Å². The summed E-state index contributed by atoms with van der Waals surface area (Å²) in [6.07, 6.45) is 7.40. The molecule has 0 saturated heterocycles. The van der Waals surface area contributed by atoms with E-state index in [0.29, 0.717) is 24.3 Å². The van der Waals surface area contributed by atoms with Gasteiger partial charge in [-0.05, 0) is 25.0 Å². The van der Waals surface area contributed by atoms with E-state index in [1.54, 1.807) is 24.5 Å². The van der Waals surface area contributed by atoms with Gasteiger partial charge >= 0.3 is 11.1 Å². The Bertz CT molecular complexity index is 1020. The van der Waals surface area contributed by atoms with Crippen LogP contribution in [0.4, 0.5) is 4.39 Å². The van der Waals surface area contributed by atoms with Crippen molar-refractivity contribution in [2.24, 2.45) is 0 Å². The number of pyridine rings is 1. The van der Waals surface area contributed by atoms with Crippen LogP contribution in [0, 0.1) is 0 Å². The highest BCUT2D eigenvalue weighted by atomic mass is 19.1. The second-order valence-electron chi connectivity index (χ2n) is 6.18. The largest absolute Gasteiger partial charge is 0.359 e. The van der Waals surface area contributed by atoms with E-state index in [1.165, 1.54) is 21.5 Å². The number of nitrogens with zero attached hydrogens (tertiary/aromatic N) is 4. The highest BCUT2D eigenvalue weighted by molar-refractivity contribution is 5.57. The SMILES string of the molecule is O=c1c(=O)n(C2(CF)CC2)ccn1Cc1cc(-c2cccnc2)no1. The lowest BCUT2D eigenvalue weighted by Crippen LogP contribution is -2.45. The molecular weight excluding hydrogens is 327 g/mol. The molecule has 0 N–H and O–H groups in total. The van der Waals surface area contributed by atoms with Gasteiger partial charge in [0.2, 0.25) is 0 Å². The number of rotatable bonds is 5. The van der Waals surface area contributed by atoms with Gasteiger partial charge in [0.15, 0.2) is 5.76 Å². The van der Waals surface area contributed by atoms with Crippen LogP contribution in [0.5, 0.6) is 0 Å². The Morgan fingerprint density at radius 1 is 1.24 bits per heavy atom. The molecule has 3 aromatic rings. The van der Waals surface area contributed by atoms with Crippen molar-refractivity contribution in [1.82, 2.24) is 19.3 Å². The molecule has 128 valence electrons. The van der Waals surface area contributed by atoms with Crippen LogP contribution in [0.2, 0.25) is 0 Å². The lowest BCUT2D eigenvalue weighted by Gasteiger charge is -2.15. The summed E-state index contributed by atoms with van der Waals surface area (Å²) < 4.78 is 20.8. The molecule has 1 saturated carbocycles. The van der Waals surface area contributed by atoms with Crippen LogP contribution in [-0.4, -0.2) is 25.9 Å². The van der Waals surface area contributed by atoms with Crippen LogP contribution >= 0.6 is 0 Å². The maximum Gasteiger partial charge on any atom is 0.317 e. The predicted molar refractivity (Wildman–Crippen MR) is 87.0 cm³/mol. The zero-order valence-corrected chi connectivity index (χ0v) is 13.3. The van der Waals surface area contributed by atoms with Crippen molar-refractivity contribution in [2.45, 2.75) is 24.9 Å². The highest BCUT2D eigenvalue weighted by Gasteiger charge is 2.45. The molecule has 0 spiro atoms. The Morgan fingerprint density at radius 3 is 2.76 bits per heavy atom. The molecule has 1 aliphatic carbocycles. The van der Waals surface area contributed by atoms with Crippen LogP contribution < -0.4 is 11.1 Å². The van der Waals surface area contributed by atoms with E-state index in [1.807, 2.05) is 6.07 Å². The first-order valence-electron chi connectivity index (χ1n) is 7.87. The lowest BCUT2D eigenvalue weighted by atomic mass is 10.2. The van der Waals surface area contributed by atoms with Gasteiger partial charge in [-0.2, -0.15) is 0 Å².